The lowest BCUT2D eigenvalue weighted by atomic mass is 10.2. The fraction of sp³-hybridized carbons (Fsp3) is 0.550. The fourth-order valence-electron chi connectivity index (χ4n) is 2.89. The van der Waals surface area contributed by atoms with Gasteiger partial charge in [0, 0.05) is 13.1 Å². The van der Waals surface area contributed by atoms with Crippen molar-refractivity contribution >= 4 is 17.9 Å². The highest BCUT2D eigenvalue weighted by atomic mass is 16.6. The van der Waals surface area contributed by atoms with Crippen molar-refractivity contribution in [2.45, 2.75) is 64.8 Å². The Morgan fingerprint density at radius 3 is 2.52 bits per heavy atom. The number of benzene rings is 1. The van der Waals surface area contributed by atoms with Crippen LogP contribution in [0.5, 0.6) is 0 Å². The van der Waals surface area contributed by atoms with Crippen molar-refractivity contribution in [3.63, 3.8) is 0 Å². The molecule has 0 radical (unpaired) electrons. The third-order valence-electron chi connectivity index (χ3n) is 4.25. The summed E-state index contributed by atoms with van der Waals surface area (Å²) < 4.78 is 5.37. The molecule has 7 heteroatoms. The Kier molecular flexibility index (Phi) is 6.82. The van der Waals surface area contributed by atoms with Crippen LogP contribution < -0.4 is 10.6 Å². The van der Waals surface area contributed by atoms with E-state index in [1.165, 1.54) is 4.90 Å². The first-order valence-corrected chi connectivity index (χ1v) is 9.29. The van der Waals surface area contributed by atoms with Gasteiger partial charge >= 0.3 is 6.09 Å². The maximum Gasteiger partial charge on any atom is 0.410 e. The molecule has 1 aliphatic rings. The van der Waals surface area contributed by atoms with Gasteiger partial charge in [-0.05, 0) is 46.1 Å². The largest absolute Gasteiger partial charge is 0.444 e. The van der Waals surface area contributed by atoms with Gasteiger partial charge in [0.05, 0.1) is 0 Å². The first-order chi connectivity index (χ1) is 12.7. The summed E-state index contributed by atoms with van der Waals surface area (Å²) in [6.07, 6.45) is 0.788. The van der Waals surface area contributed by atoms with Gasteiger partial charge in [-0.2, -0.15) is 0 Å². The van der Waals surface area contributed by atoms with E-state index in [0.717, 1.165) is 12.0 Å². The van der Waals surface area contributed by atoms with E-state index in [4.69, 9.17) is 4.74 Å². The molecule has 0 saturated carbocycles. The predicted octanol–water partition coefficient (Wildman–Crippen LogP) is 2.21. The van der Waals surface area contributed by atoms with Crippen LogP contribution in [0, 0.1) is 0 Å². The lowest BCUT2D eigenvalue weighted by Gasteiger charge is -2.28. The molecule has 1 aromatic rings. The summed E-state index contributed by atoms with van der Waals surface area (Å²) in [6.45, 7) is 7.86. The molecule has 0 spiro atoms. The molecule has 0 aliphatic carbocycles. The number of hydrogen-bond donors (Lipinski definition) is 2. The number of carbonyl (C=O) groups is 3. The van der Waals surface area contributed by atoms with Crippen LogP contribution in [0.3, 0.4) is 0 Å². The molecule has 27 heavy (non-hydrogen) atoms. The standard InChI is InChI=1S/C20H29N3O4/c1-14(17(24)21-13-15-9-6-5-7-10-15)22-18(25)16-11-8-12-23(16)19(26)27-20(2,3)4/h5-7,9-10,14,16H,8,11-13H2,1-4H3,(H,21,24)(H,22,25)/t14?,16-/m0/s1. The fourth-order valence-corrected chi connectivity index (χ4v) is 2.89. The van der Waals surface area contributed by atoms with Crippen LogP contribution in [-0.4, -0.2) is 47.0 Å². The van der Waals surface area contributed by atoms with Crippen molar-refractivity contribution in [1.82, 2.24) is 15.5 Å². The van der Waals surface area contributed by atoms with E-state index in [-0.39, 0.29) is 11.8 Å². The average Bonchev–Trinajstić information content (AvgIpc) is 3.09. The summed E-state index contributed by atoms with van der Waals surface area (Å²) in [6, 6.07) is 8.25. The summed E-state index contributed by atoms with van der Waals surface area (Å²) in [5.74, 6) is -0.602. The van der Waals surface area contributed by atoms with Gasteiger partial charge in [-0.3, -0.25) is 14.5 Å². The quantitative estimate of drug-likeness (QED) is 0.826. The number of rotatable bonds is 5. The molecule has 1 fully saturated rings. The van der Waals surface area contributed by atoms with Crippen molar-refractivity contribution in [2.75, 3.05) is 6.54 Å². The summed E-state index contributed by atoms with van der Waals surface area (Å²) in [5.41, 5.74) is 0.363. The van der Waals surface area contributed by atoms with Crippen molar-refractivity contribution in [3.05, 3.63) is 35.9 Å². The first kappa shape index (κ1) is 20.7. The van der Waals surface area contributed by atoms with Crippen molar-refractivity contribution in [3.8, 4) is 0 Å². The van der Waals surface area contributed by atoms with Crippen LogP contribution in [0.4, 0.5) is 4.79 Å². The van der Waals surface area contributed by atoms with Crippen LogP contribution in [0.1, 0.15) is 46.1 Å². The molecular formula is C20H29N3O4. The molecule has 2 N–H and O–H groups in total. The number of carbonyl (C=O) groups excluding carboxylic acids is 3. The van der Waals surface area contributed by atoms with Crippen molar-refractivity contribution in [2.24, 2.45) is 0 Å². The summed E-state index contributed by atoms with van der Waals surface area (Å²) in [7, 11) is 0. The minimum atomic E-state index is -0.692. The minimum absolute atomic E-state index is 0.269. The van der Waals surface area contributed by atoms with Gasteiger partial charge in [0.2, 0.25) is 11.8 Å². The summed E-state index contributed by atoms with van der Waals surface area (Å²) >= 11 is 0. The highest BCUT2D eigenvalue weighted by Crippen LogP contribution is 2.21. The van der Waals surface area contributed by atoms with Crippen LogP contribution in [0.25, 0.3) is 0 Å². The number of likely N-dealkylation sites (tertiary alicyclic amines) is 1. The molecule has 1 heterocycles. The van der Waals surface area contributed by atoms with E-state index < -0.39 is 23.8 Å². The molecular weight excluding hydrogens is 346 g/mol. The minimum Gasteiger partial charge on any atom is -0.444 e. The molecule has 148 valence electrons. The first-order valence-electron chi connectivity index (χ1n) is 9.29. The molecule has 1 saturated heterocycles. The zero-order valence-corrected chi connectivity index (χ0v) is 16.5. The Labute approximate surface area is 160 Å². The van der Waals surface area contributed by atoms with E-state index in [1.54, 1.807) is 27.7 Å². The topological polar surface area (TPSA) is 87.7 Å². The maximum absolute atomic E-state index is 12.6. The molecule has 0 aromatic heterocycles. The van der Waals surface area contributed by atoms with E-state index in [2.05, 4.69) is 10.6 Å². The lowest BCUT2D eigenvalue weighted by Crippen LogP contribution is -2.52. The number of ether oxygens (including phenoxy) is 1. The smallest absolute Gasteiger partial charge is 0.410 e. The Bertz CT molecular complexity index is 670. The van der Waals surface area contributed by atoms with Crippen LogP contribution >= 0.6 is 0 Å². The van der Waals surface area contributed by atoms with E-state index in [9.17, 15) is 14.4 Å². The zero-order valence-electron chi connectivity index (χ0n) is 16.5. The molecule has 7 nitrogen and oxygen atoms in total. The van der Waals surface area contributed by atoms with Crippen molar-refractivity contribution in [1.29, 1.82) is 0 Å². The molecule has 2 rings (SSSR count). The molecule has 1 unspecified atom stereocenters. The second-order valence-electron chi connectivity index (χ2n) is 7.77. The third kappa shape index (κ3) is 6.27. The van der Waals surface area contributed by atoms with Gasteiger partial charge in [0.1, 0.15) is 17.7 Å². The summed E-state index contributed by atoms with van der Waals surface area (Å²) in [4.78, 5) is 38.6. The number of hydrogen-bond acceptors (Lipinski definition) is 4. The number of nitrogens with zero attached hydrogens (tertiary/aromatic N) is 1. The Balaban J connectivity index is 1.87. The summed E-state index contributed by atoms with van der Waals surface area (Å²) in [5, 5.41) is 5.51. The van der Waals surface area contributed by atoms with E-state index in [1.807, 2.05) is 30.3 Å². The van der Waals surface area contributed by atoms with E-state index in [0.29, 0.717) is 19.5 Å². The van der Waals surface area contributed by atoms with Crippen molar-refractivity contribution < 1.29 is 19.1 Å². The molecule has 2 atom stereocenters. The lowest BCUT2D eigenvalue weighted by molar-refractivity contribution is -0.131. The van der Waals surface area contributed by atoms with Gasteiger partial charge < -0.3 is 15.4 Å². The molecule has 3 amide bonds. The van der Waals surface area contributed by atoms with E-state index >= 15 is 0 Å². The molecule has 0 bridgehead atoms. The van der Waals surface area contributed by atoms with Gasteiger partial charge in [-0.15, -0.1) is 0 Å². The Morgan fingerprint density at radius 1 is 1.22 bits per heavy atom. The zero-order chi connectivity index (χ0) is 20.0. The predicted molar refractivity (Wildman–Crippen MR) is 102 cm³/mol. The SMILES string of the molecule is CC(NC(=O)[C@@H]1CCCN1C(=O)OC(C)(C)C)C(=O)NCc1ccccc1. The van der Waals surface area contributed by atoms with Gasteiger partial charge in [0.15, 0.2) is 0 Å². The second-order valence-corrected chi connectivity index (χ2v) is 7.77. The second kappa shape index (κ2) is 8.88. The van der Waals surface area contributed by atoms with Crippen LogP contribution in [-0.2, 0) is 20.9 Å². The number of nitrogens with one attached hydrogen (secondary N) is 2. The Hall–Kier alpha value is -2.57. The number of amides is 3. The molecule has 1 aliphatic heterocycles. The average molecular weight is 375 g/mol. The highest BCUT2D eigenvalue weighted by molar-refractivity contribution is 5.91. The van der Waals surface area contributed by atoms with Gasteiger partial charge in [-0.25, -0.2) is 4.79 Å². The molecule has 1 aromatic carbocycles. The Morgan fingerprint density at radius 2 is 1.89 bits per heavy atom. The monoisotopic (exact) mass is 375 g/mol. The normalized spacial score (nSPS) is 17.9. The highest BCUT2D eigenvalue weighted by Gasteiger charge is 2.37. The van der Waals surface area contributed by atoms with Crippen LogP contribution in [0.2, 0.25) is 0 Å². The third-order valence-corrected chi connectivity index (χ3v) is 4.25. The van der Waals surface area contributed by atoms with Gasteiger partial charge in [-0.1, -0.05) is 30.3 Å². The maximum atomic E-state index is 12.6. The van der Waals surface area contributed by atoms with Crippen LogP contribution in [0.15, 0.2) is 30.3 Å². The van der Waals surface area contributed by atoms with Gasteiger partial charge in [0.25, 0.3) is 0 Å².